The molecule has 5 unspecified atom stereocenters. The fraction of sp³-hybridized carbons (Fsp3) is 0.636. The van der Waals surface area contributed by atoms with Crippen LogP contribution in [0.3, 0.4) is 0 Å². The van der Waals surface area contributed by atoms with E-state index in [1.54, 1.807) is 6.07 Å². The number of aryl methyl sites for hydroxylation is 1. The second-order valence-electron chi connectivity index (χ2n) is 11.7. The number of rotatable bonds is 10. The molecule has 4 rings (SSSR count). The maximum Gasteiger partial charge on any atom is 0.161 e. The number of hydrogen-bond donors (Lipinski definition) is 5. The molecule has 5 atom stereocenters. The molecule has 1 saturated carbocycles. The monoisotopic (exact) mass is 552 g/mol. The molecule has 40 heavy (non-hydrogen) atoms. The fourth-order valence-corrected chi connectivity index (χ4v) is 5.96. The number of nitrogens with one attached hydrogen (secondary N) is 1. The van der Waals surface area contributed by atoms with Crippen molar-refractivity contribution in [2.24, 2.45) is 17.6 Å². The molecule has 7 nitrogen and oxygen atoms in total. The number of dihydropyridines is 1. The van der Waals surface area contributed by atoms with Crippen molar-refractivity contribution in [3.8, 4) is 23.3 Å². The predicted octanol–water partition coefficient (Wildman–Crippen LogP) is 4.69. The second kappa shape index (κ2) is 15.5. The summed E-state index contributed by atoms with van der Waals surface area (Å²) in [7, 11) is 0. The van der Waals surface area contributed by atoms with Crippen molar-refractivity contribution < 1.29 is 24.8 Å². The molecule has 0 bridgehead atoms. The number of benzene rings is 1. The highest BCUT2D eigenvalue weighted by molar-refractivity contribution is 5.48. The van der Waals surface area contributed by atoms with E-state index < -0.39 is 6.10 Å². The normalized spacial score (nSPS) is 26.6. The number of ether oxygens (including phenoxy) is 2. The molecular weight excluding hydrogens is 504 g/mol. The van der Waals surface area contributed by atoms with Crippen LogP contribution < -0.4 is 15.8 Å². The molecule has 0 spiro atoms. The third-order valence-corrected chi connectivity index (χ3v) is 8.52. The van der Waals surface area contributed by atoms with Gasteiger partial charge in [-0.15, -0.1) is 0 Å². The predicted molar refractivity (Wildman–Crippen MR) is 158 cm³/mol. The van der Waals surface area contributed by atoms with Gasteiger partial charge in [0.05, 0.1) is 31.1 Å². The lowest BCUT2D eigenvalue weighted by atomic mass is 9.84. The van der Waals surface area contributed by atoms with Gasteiger partial charge in [0.15, 0.2) is 11.5 Å². The lowest BCUT2D eigenvalue weighted by molar-refractivity contribution is 0.0138. The van der Waals surface area contributed by atoms with E-state index in [2.05, 4.69) is 24.1 Å². The Kier molecular flexibility index (Phi) is 11.8. The number of hydrogen-bond acceptors (Lipinski definition) is 7. The summed E-state index contributed by atoms with van der Waals surface area (Å²) in [6.45, 7) is 2.75. The Labute approximate surface area is 239 Å². The number of phenols is 1. The first-order valence-corrected chi connectivity index (χ1v) is 15.2. The largest absolute Gasteiger partial charge is 0.504 e. The summed E-state index contributed by atoms with van der Waals surface area (Å²) in [5.41, 5.74) is 9.00. The zero-order valence-corrected chi connectivity index (χ0v) is 24.0. The summed E-state index contributed by atoms with van der Waals surface area (Å²) >= 11 is 0. The van der Waals surface area contributed by atoms with Crippen molar-refractivity contribution in [1.29, 1.82) is 0 Å². The Morgan fingerprint density at radius 1 is 1.18 bits per heavy atom. The second-order valence-corrected chi connectivity index (χ2v) is 11.7. The molecule has 7 heteroatoms. The Morgan fingerprint density at radius 3 is 2.80 bits per heavy atom. The molecule has 6 N–H and O–H groups in total. The van der Waals surface area contributed by atoms with Gasteiger partial charge < -0.3 is 35.8 Å². The van der Waals surface area contributed by atoms with Crippen molar-refractivity contribution in [3.05, 3.63) is 47.2 Å². The average molecular weight is 553 g/mol. The van der Waals surface area contributed by atoms with Crippen molar-refractivity contribution in [1.82, 2.24) is 5.32 Å². The molecule has 1 aromatic rings. The SMILES string of the molecule is CC1C#CC2=CC(N)NC=C2COC(CC(O)CCc2ccc(O)c(OC3CCCCC3)c2)CCC1CCCO. The van der Waals surface area contributed by atoms with Crippen molar-refractivity contribution in [2.45, 2.75) is 108 Å². The summed E-state index contributed by atoms with van der Waals surface area (Å²) in [6, 6.07) is 5.54. The van der Waals surface area contributed by atoms with E-state index in [0.29, 0.717) is 37.5 Å². The maximum absolute atomic E-state index is 11.0. The van der Waals surface area contributed by atoms with Crippen LogP contribution in [0.2, 0.25) is 0 Å². The molecule has 1 aromatic carbocycles. The highest BCUT2D eigenvalue weighted by atomic mass is 16.5. The molecule has 2 heterocycles. The summed E-state index contributed by atoms with van der Waals surface area (Å²) in [4.78, 5) is 0. The van der Waals surface area contributed by atoms with Gasteiger partial charge in [-0.05, 0) is 100 Å². The van der Waals surface area contributed by atoms with Gasteiger partial charge >= 0.3 is 0 Å². The Bertz CT molecular complexity index is 1070. The maximum atomic E-state index is 11.0. The van der Waals surface area contributed by atoms with E-state index >= 15 is 0 Å². The van der Waals surface area contributed by atoms with Crippen LogP contribution in [0, 0.1) is 23.7 Å². The number of nitrogens with two attached hydrogens (primary N) is 1. The molecule has 1 fully saturated rings. The van der Waals surface area contributed by atoms with Crippen molar-refractivity contribution in [3.63, 3.8) is 0 Å². The van der Waals surface area contributed by atoms with E-state index in [4.69, 9.17) is 15.2 Å². The van der Waals surface area contributed by atoms with Gasteiger partial charge in [0, 0.05) is 29.9 Å². The number of aromatic hydroxyl groups is 1. The van der Waals surface area contributed by atoms with Crippen LogP contribution in [0.1, 0.15) is 83.1 Å². The molecule has 3 aliphatic rings. The van der Waals surface area contributed by atoms with E-state index in [1.165, 1.54) is 19.3 Å². The smallest absolute Gasteiger partial charge is 0.161 e. The minimum atomic E-state index is -0.516. The number of aliphatic hydroxyl groups excluding tert-OH is 2. The molecule has 0 saturated heterocycles. The van der Waals surface area contributed by atoms with Crippen LogP contribution in [-0.2, 0) is 11.2 Å². The van der Waals surface area contributed by atoms with E-state index in [9.17, 15) is 15.3 Å². The van der Waals surface area contributed by atoms with Crippen molar-refractivity contribution >= 4 is 0 Å². The fourth-order valence-electron chi connectivity index (χ4n) is 5.96. The third-order valence-electron chi connectivity index (χ3n) is 8.52. The minimum Gasteiger partial charge on any atom is -0.504 e. The number of fused-ring (bicyclic) bond motifs is 1. The molecule has 0 aromatic heterocycles. The summed E-state index contributed by atoms with van der Waals surface area (Å²) < 4.78 is 12.5. The van der Waals surface area contributed by atoms with Gasteiger partial charge in [0.25, 0.3) is 0 Å². The molecule has 1 aliphatic carbocycles. The third kappa shape index (κ3) is 9.27. The first-order valence-electron chi connectivity index (χ1n) is 15.2. The van der Waals surface area contributed by atoms with Gasteiger partial charge in [0.2, 0.25) is 0 Å². The van der Waals surface area contributed by atoms with Gasteiger partial charge in [-0.2, -0.15) is 0 Å². The van der Waals surface area contributed by atoms with Gasteiger partial charge in [-0.25, -0.2) is 0 Å². The van der Waals surface area contributed by atoms with E-state index in [0.717, 1.165) is 55.2 Å². The van der Waals surface area contributed by atoms with E-state index in [-0.39, 0.29) is 36.6 Å². The lowest BCUT2D eigenvalue weighted by Crippen LogP contribution is -2.35. The average Bonchev–Trinajstić information content (AvgIpc) is 2.98. The Balaban J connectivity index is 1.37. The van der Waals surface area contributed by atoms with Crippen LogP contribution >= 0.6 is 0 Å². The first-order chi connectivity index (χ1) is 19.4. The van der Waals surface area contributed by atoms with Crippen LogP contribution in [-0.4, -0.2) is 53.0 Å². The Hall–Kier alpha value is -2.50. The summed E-state index contributed by atoms with van der Waals surface area (Å²) in [6.07, 6.45) is 14.1. The van der Waals surface area contributed by atoms with Gasteiger partial charge in [-0.3, -0.25) is 0 Å². The van der Waals surface area contributed by atoms with Crippen LogP contribution in [0.25, 0.3) is 0 Å². The molecule has 0 amide bonds. The summed E-state index contributed by atoms with van der Waals surface area (Å²) in [5, 5.41) is 33.9. The van der Waals surface area contributed by atoms with Gasteiger partial charge in [0.1, 0.15) is 0 Å². The highest BCUT2D eigenvalue weighted by Gasteiger charge is 2.24. The molecule has 0 radical (unpaired) electrons. The lowest BCUT2D eigenvalue weighted by Gasteiger charge is -2.26. The number of aliphatic hydroxyl groups is 2. The quantitative estimate of drug-likeness (QED) is 0.267. The van der Waals surface area contributed by atoms with Crippen molar-refractivity contribution in [2.75, 3.05) is 13.2 Å². The highest BCUT2D eigenvalue weighted by Crippen LogP contribution is 2.32. The molecule has 2 aliphatic heterocycles. The van der Waals surface area contributed by atoms with Crippen LogP contribution in [0.15, 0.2) is 41.6 Å². The minimum absolute atomic E-state index is 0.0975. The first kappa shape index (κ1) is 30.5. The zero-order chi connectivity index (χ0) is 28.3. The number of phenolic OH excluding ortho intramolecular Hbond substituents is 1. The van der Waals surface area contributed by atoms with Gasteiger partial charge in [-0.1, -0.05) is 31.3 Å². The topological polar surface area (TPSA) is 117 Å². The summed E-state index contributed by atoms with van der Waals surface area (Å²) in [5.74, 6) is 8.03. The van der Waals surface area contributed by atoms with Crippen LogP contribution in [0.4, 0.5) is 0 Å². The van der Waals surface area contributed by atoms with E-state index in [1.807, 2.05) is 24.4 Å². The molecular formula is C33H48N2O5. The standard InChI is InChI=1S/C33H48N2O5/c1-23-9-12-26-19-33(34)35-21-27(26)22-39-30(15-13-25(23)6-5-17-36)20-28(37)14-10-24-11-16-31(38)32(18-24)40-29-7-3-2-4-8-29/h11,16,18-19,21,23,25,28-30,33,35-38H,2-8,10,13-15,17,20,22,34H2,1H3. The zero-order valence-electron chi connectivity index (χ0n) is 24.0. The molecule has 220 valence electrons. The Morgan fingerprint density at radius 2 is 2.00 bits per heavy atom. The van der Waals surface area contributed by atoms with Crippen LogP contribution in [0.5, 0.6) is 11.5 Å².